The predicted octanol–water partition coefficient (Wildman–Crippen LogP) is 4.41. The summed E-state index contributed by atoms with van der Waals surface area (Å²) in [5, 5.41) is 2.17. The van der Waals surface area contributed by atoms with Crippen molar-refractivity contribution in [3.05, 3.63) is 54.6 Å². The highest BCUT2D eigenvalue weighted by atomic mass is 16.5. The van der Waals surface area contributed by atoms with E-state index in [0.717, 1.165) is 5.39 Å². The van der Waals surface area contributed by atoms with Gasteiger partial charge < -0.3 is 4.74 Å². The molecular weight excluding hydrogens is 248 g/mol. The van der Waals surface area contributed by atoms with E-state index in [1.807, 2.05) is 24.3 Å². The summed E-state index contributed by atoms with van der Waals surface area (Å²) in [6, 6.07) is 18.4. The Morgan fingerprint density at radius 2 is 1.45 bits per heavy atom. The number of carbonyl (C=O) groups excluding carboxylic acids is 1. The molecule has 0 amide bonds. The van der Waals surface area contributed by atoms with E-state index in [2.05, 4.69) is 30.3 Å². The molecule has 2 nitrogen and oxygen atoms in total. The first-order chi connectivity index (χ1) is 9.75. The Morgan fingerprint density at radius 1 is 0.800 bits per heavy atom. The predicted molar refractivity (Wildman–Crippen MR) is 79.7 cm³/mol. The standard InChI is InChI=1S/C18H12O2/c1-11(19)20-17-10-9-15-13-6-3-2-5-12(13)14-7-4-8-16(17)18(14)15/h2-10H,1H3. The van der Waals surface area contributed by atoms with Crippen molar-refractivity contribution < 1.29 is 9.53 Å². The summed E-state index contributed by atoms with van der Waals surface area (Å²) in [5.41, 5.74) is 4.91. The molecule has 0 N–H and O–H groups in total. The van der Waals surface area contributed by atoms with Crippen LogP contribution in [0.3, 0.4) is 0 Å². The van der Waals surface area contributed by atoms with Crippen LogP contribution in [-0.2, 0) is 4.79 Å². The van der Waals surface area contributed by atoms with Crippen LogP contribution in [0.2, 0.25) is 0 Å². The number of rotatable bonds is 1. The molecule has 0 unspecified atom stereocenters. The molecule has 0 saturated carbocycles. The van der Waals surface area contributed by atoms with Crippen molar-refractivity contribution in [2.24, 2.45) is 0 Å². The number of ether oxygens (including phenoxy) is 1. The van der Waals surface area contributed by atoms with Crippen molar-refractivity contribution in [1.82, 2.24) is 0 Å². The first-order valence-corrected chi connectivity index (χ1v) is 6.59. The Bertz CT molecular complexity index is 833. The van der Waals surface area contributed by atoms with Gasteiger partial charge in [-0.3, -0.25) is 4.79 Å². The zero-order valence-corrected chi connectivity index (χ0v) is 11.0. The van der Waals surface area contributed by atoms with Crippen LogP contribution in [0.5, 0.6) is 5.75 Å². The monoisotopic (exact) mass is 260 g/mol. The normalized spacial score (nSPS) is 11.4. The molecule has 0 radical (unpaired) electrons. The molecule has 20 heavy (non-hydrogen) atoms. The minimum absolute atomic E-state index is 0.291. The summed E-state index contributed by atoms with van der Waals surface area (Å²) in [6.07, 6.45) is 0. The minimum atomic E-state index is -0.291. The lowest BCUT2D eigenvalue weighted by molar-refractivity contribution is -0.131. The zero-order chi connectivity index (χ0) is 13.7. The third kappa shape index (κ3) is 1.42. The zero-order valence-electron chi connectivity index (χ0n) is 11.0. The smallest absolute Gasteiger partial charge is 0.308 e. The minimum Gasteiger partial charge on any atom is -0.426 e. The lowest BCUT2D eigenvalue weighted by atomic mass is 10.0. The summed E-state index contributed by atoms with van der Waals surface area (Å²) >= 11 is 0. The number of carbonyl (C=O) groups is 1. The first kappa shape index (κ1) is 11.2. The quantitative estimate of drug-likeness (QED) is 0.374. The molecule has 3 aromatic rings. The van der Waals surface area contributed by atoms with E-state index < -0.39 is 0 Å². The van der Waals surface area contributed by atoms with E-state index in [9.17, 15) is 4.79 Å². The van der Waals surface area contributed by atoms with Crippen LogP contribution in [0.25, 0.3) is 33.0 Å². The van der Waals surface area contributed by atoms with Crippen LogP contribution in [0.1, 0.15) is 6.92 Å². The van der Waals surface area contributed by atoms with Gasteiger partial charge >= 0.3 is 5.97 Å². The van der Waals surface area contributed by atoms with Crippen LogP contribution < -0.4 is 4.74 Å². The van der Waals surface area contributed by atoms with Crippen molar-refractivity contribution in [3.63, 3.8) is 0 Å². The molecule has 0 aliphatic heterocycles. The summed E-state index contributed by atoms with van der Waals surface area (Å²) in [6.45, 7) is 1.43. The Morgan fingerprint density at radius 3 is 2.15 bits per heavy atom. The Kier molecular flexibility index (Phi) is 2.21. The summed E-state index contributed by atoms with van der Waals surface area (Å²) in [5.74, 6) is 0.340. The van der Waals surface area contributed by atoms with Gasteiger partial charge in [-0.05, 0) is 34.4 Å². The van der Waals surface area contributed by atoms with E-state index >= 15 is 0 Å². The molecule has 96 valence electrons. The van der Waals surface area contributed by atoms with Gasteiger partial charge in [-0.2, -0.15) is 0 Å². The molecule has 0 fully saturated rings. The fourth-order valence-corrected chi connectivity index (χ4v) is 3.03. The highest BCUT2D eigenvalue weighted by Gasteiger charge is 2.22. The van der Waals surface area contributed by atoms with Crippen LogP contribution in [0.15, 0.2) is 54.6 Å². The molecule has 3 aromatic carbocycles. The van der Waals surface area contributed by atoms with Crippen molar-refractivity contribution in [3.8, 4) is 28.0 Å². The lowest BCUT2D eigenvalue weighted by Gasteiger charge is -2.08. The second-order valence-corrected chi connectivity index (χ2v) is 4.98. The molecule has 4 rings (SSSR count). The van der Waals surface area contributed by atoms with Gasteiger partial charge in [-0.25, -0.2) is 0 Å². The fraction of sp³-hybridized carbons (Fsp3) is 0.0556. The molecule has 0 spiro atoms. The van der Waals surface area contributed by atoms with Gasteiger partial charge in [0.05, 0.1) is 0 Å². The molecule has 2 heteroatoms. The second-order valence-electron chi connectivity index (χ2n) is 4.98. The molecule has 1 aliphatic rings. The SMILES string of the molecule is CC(=O)Oc1ccc2c3c(cccc13)-c1ccccc1-2. The summed E-state index contributed by atoms with van der Waals surface area (Å²) in [7, 11) is 0. The van der Waals surface area contributed by atoms with Gasteiger partial charge in [0.15, 0.2) is 0 Å². The number of fused-ring (bicyclic) bond motifs is 3. The maximum absolute atomic E-state index is 11.2. The van der Waals surface area contributed by atoms with Gasteiger partial charge in [0.1, 0.15) is 5.75 Å². The third-order valence-corrected chi connectivity index (χ3v) is 3.76. The maximum Gasteiger partial charge on any atom is 0.308 e. The lowest BCUT2D eigenvalue weighted by Crippen LogP contribution is -2.01. The summed E-state index contributed by atoms with van der Waals surface area (Å²) < 4.78 is 5.33. The number of hydrogen-bond acceptors (Lipinski definition) is 2. The number of hydrogen-bond donors (Lipinski definition) is 0. The average Bonchev–Trinajstić information content (AvgIpc) is 2.78. The molecule has 0 bridgehead atoms. The Hall–Kier alpha value is -2.61. The molecular formula is C18H12O2. The Balaban J connectivity index is 2.10. The van der Waals surface area contributed by atoms with E-state index in [0.29, 0.717) is 5.75 Å². The fourth-order valence-electron chi connectivity index (χ4n) is 3.03. The van der Waals surface area contributed by atoms with Crippen LogP contribution in [0, 0.1) is 0 Å². The van der Waals surface area contributed by atoms with Crippen molar-refractivity contribution in [2.45, 2.75) is 6.92 Å². The Labute approximate surface area is 116 Å². The topological polar surface area (TPSA) is 26.3 Å². The van der Waals surface area contributed by atoms with E-state index in [1.165, 1.54) is 34.6 Å². The van der Waals surface area contributed by atoms with Gasteiger partial charge in [0, 0.05) is 17.7 Å². The van der Waals surface area contributed by atoms with E-state index in [-0.39, 0.29) is 5.97 Å². The van der Waals surface area contributed by atoms with Gasteiger partial charge in [-0.15, -0.1) is 0 Å². The third-order valence-electron chi connectivity index (χ3n) is 3.76. The largest absolute Gasteiger partial charge is 0.426 e. The molecule has 0 heterocycles. The molecule has 0 saturated heterocycles. The van der Waals surface area contributed by atoms with Gasteiger partial charge in [0.2, 0.25) is 0 Å². The molecule has 1 aliphatic carbocycles. The van der Waals surface area contributed by atoms with Crippen LogP contribution in [-0.4, -0.2) is 5.97 Å². The highest BCUT2D eigenvalue weighted by molar-refractivity contribution is 6.16. The first-order valence-electron chi connectivity index (χ1n) is 6.59. The van der Waals surface area contributed by atoms with Crippen LogP contribution in [0.4, 0.5) is 0 Å². The van der Waals surface area contributed by atoms with Crippen molar-refractivity contribution in [2.75, 3.05) is 0 Å². The van der Waals surface area contributed by atoms with Crippen molar-refractivity contribution >= 4 is 16.7 Å². The van der Waals surface area contributed by atoms with Crippen LogP contribution >= 0.6 is 0 Å². The number of benzene rings is 3. The molecule has 0 aromatic heterocycles. The maximum atomic E-state index is 11.2. The van der Waals surface area contributed by atoms with E-state index in [1.54, 1.807) is 0 Å². The second kappa shape index (κ2) is 3.94. The highest BCUT2D eigenvalue weighted by Crippen LogP contribution is 2.48. The van der Waals surface area contributed by atoms with Gasteiger partial charge in [0.25, 0.3) is 0 Å². The summed E-state index contributed by atoms with van der Waals surface area (Å²) in [4.78, 5) is 11.2. The average molecular weight is 260 g/mol. The van der Waals surface area contributed by atoms with E-state index in [4.69, 9.17) is 4.74 Å². The number of esters is 1. The molecule has 0 atom stereocenters. The van der Waals surface area contributed by atoms with Crippen molar-refractivity contribution in [1.29, 1.82) is 0 Å². The van der Waals surface area contributed by atoms with Gasteiger partial charge in [-0.1, -0.05) is 42.5 Å².